The molecule has 1 heterocycles. The van der Waals surface area contributed by atoms with Gasteiger partial charge in [-0.2, -0.15) is 17.0 Å². The van der Waals surface area contributed by atoms with E-state index >= 15 is 0 Å². The molecule has 1 fully saturated rings. The summed E-state index contributed by atoms with van der Waals surface area (Å²) in [7, 11) is 0. The summed E-state index contributed by atoms with van der Waals surface area (Å²) in [4.78, 5) is 2.29. The van der Waals surface area contributed by atoms with Crippen molar-refractivity contribution in [2.45, 2.75) is 43.7 Å². The van der Waals surface area contributed by atoms with Gasteiger partial charge in [-0.25, -0.2) is 0 Å². The third kappa shape index (κ3) is 2.62. The lowest BCUT2D eigenvalue weighted by Crippen LogP contribution is -2.51. The van der Waals surface area contributed by atoms with E-state index in [1.54, 1.807) is 0 Å². The van der Waals surface area contributed by atoms with Gasteiger partial charge < -0.3 is 0 Å². The summed E-state index contributed by atoms with van der Waals surface area (Å²) in [6.07, 6.45) is 0. The van der Waals surface area contributed by atoms with Crippen molar-refractivity contribution in [3.63, 3.8) is 0 Å². The molecule has 0 radical (unpaired) electrons. The van der Waals surface area contributed by atoms with Crippen LogP contribution in [0, 0.1) is 11.3 Å². The van der Waals surface area contributed by atoms with Crippen molar-refractivity contribution in [3.8, 4) is 6.07 Å². The molecule has 0 aromatic rings. The molecule has 2 unspecified atom stereocenters. The highest BCUT2D eigenvalue weighted by Gasteiger charge is 2.32. The third-order valence-electron chi connectivity index (χ3n) is 2.48. The van der Waals surface area contributed by atoms with E-state index in [9.17, 15) is 0 Å². The lowest BCUT2D eigenvalue weighted by molar-refractivity contribution is 0.166. The molecule has 3 heteroatoms. The first-order valence-corrected chi connectivity index (χ1v) is 5.72. The molecule has 1 aliphatic rings. The highest BCUT2D eigenvalue weighted by Crippen LogP contribution is 2.28. The Bertz CT molecular complexity index is 209. The number of thioether (sulfide) groups is 1. The average Bonchev–Trinajstić information content (AvgIpc) is 2.02. The molecule has 1 rings (SSSR count). The Morgan fingerprint density at radius 2 is 1.77 bits per heavy atom. The molecular formula is C10H18N2S. The van der Waals surface area contributed by atoms with Crippen LogP contribution in [0.15, 0.2) is 0 Å². The normalized spacial score (nSPS) is 31.3. The molecule has 0 spiro atoms. The molecule has 2 nitrogen and oxygen atoms in total. The monoisotopic (exact) mass is 198 g/mol. The zero-order chi connectivity index (χ0) is 10.1. The summed E-state index contributed by atoms with van der Waals surface area (Å²) in [5, 5.41) is 10.3. The fourth-order valence-corrected chi connectivity index (χ4v) is 3.03. The van der Waals surface area contributed by atoms with Crippen LogP contribution in [0.4, 0.5) is 0 Å². The third-order valence-corrected chi connectivity index (χ3v) is 3.71. The Morgan fingerprint density at radius 1 is 1.31 bits per heavy atom. The minimum Gasteiger partial charge on any atom is -0.284 e. The Morgan fingerprint density at radius 3 is 2.15 bits per heavy atom. The maximum atomic E-state index is 9.02. The Kier molecular flexibility index (Phi) is 3.26. The fourth-order valence-electron chi connectivity index (χ4n) is 1.71. The molecule has 13 heavy (non-hydrogen) atoms. The van der Waals surface area contributed by atoms with E-state index in [2.05, 4.69) is 24.8 Å². The van der Waals surface area contributed by atoms with E-state index in [1.807, 2.05) is 25.6 Å². The van der Waals surface area contributed by atoms with Gasteiger partial charge in [0.05, 0.1) is 6.07 Å². The molecule has 0 aromatic heterocycles. The van der Waals surface area contributed by atoms with Crippen molar-refractivity contribution in [3.05, 3.63) is 0 Å². The van der Waals surface area contributed by atoms with Gasteiger partial charge in [-0.15, -0.1) is 0 Å². The molecule has 1 aliphatic heterocycles. The van der Waals surface area contributed by atoms with Gasteiger partial charge in [0.2, 0.25) is 0 Å². The van der Waals surface area contributed by atoms with E-state index in [0.29, 0.717) is 10.5 Å². The van der Waals surface area contributed by atoms with Gasteiger partial charge in [-0.05, 0) is 13.8 Å². The number of nitrogens with zero attached hydrogens (tertiary/aromatic N) is 2. The fraction of sp³-hybridized carbons (Fsp3) is 0.900. The van der Waals surface area contributed by atoms with Gasteiger partial charge in [-0.1, -0.05) is 13.8 Å². The van der Waals surface area contributed by atoms with Crippen LogP contribution >= 0.6 is 11.8 Å². The van der Waals surface area contributed by atoms with E-state index in [0.717, 1.165) is 13.1 Å². The quantitative estimate of drug-likeness (QED) is 0.646. The lowest BCUT2D eigenvalue weighted by atomic mass is 10.0. The topological polar surface area (TPSA) is 27.0 Å². The van der Waals surface area contributed by atoms with Crippen LogP contribution in [0.5, 0.6) is 0 Å². The second-order valence-corrected chi connectivity index (χ2v) is 6.21. The maximum Gasteiger partial charge on any atom is 0.103 e. The van der Waals surface area contributed by atoms with Crippen molar-refractivity contribution < 1.29 is 0 Å². The minimum absolute atomic E-state index is 0.302. The summed E-state index contributed by atoms with van der Waals surface area (Å²) >= 11 is 2.02. The molecule has 1 saturated heterocycles. The average molecular weight is 198 g/mol. The van der Waals surface area contributed by atoms with Crippen LogP contribution < -0.4 is 0 Å². The molecule has 0 aliphatic carbocycles. The molecule has 0 bridgehead atoms. The number of hydrogen-bond acceptors (Lipinski definition) is 3. The van der Waals surface area contributed by atoms with Crippen LogP contribution in [-0.2, 0) is 0 Å². The van der Waals surface area contributed by atoms with Gasteiger partial charge in [0.1, 0.15) is 5.54 Å². The Hall–Kier alpha value is -0.200. The van der Waals surface area contributed by atoms with E-state index < -0.39 is 0 Å². The molecule has 0 amide bonds. The van der Waals surface area contributed by atoms with E-state index in [4.69, 9.17) is 5.26 Å². The van der Waals surface area contributed by atoms with Crippen LogP contribution in [-0.4, -0.2) is 34.0 Å². The van der Waals surface area contributed by atoms with Crippen molar-refractivity contribution >= 4 is 11.8 Å². The highest BCUT2D eigenvalue weighted by molar-refractivity contribution is 8.00. The van der Waals surface area contributed by atoms with E-state index in [1.165, 1.54) is 0 Å². The standard InChI is InChI=1S/C10H18N2S/c1-8-5-12(6-9(2)13-8)10(3,4)7-11/h8-9H,5-6H2,1-4H3. The predicted octanol–water partition coefficient (Wildman–Crippen LogP) is 2.11. The number of nitriles is 1. The molecule has 2 atom stereocenters. The largest absolute Gasteiger partial charge is 0.284 e. The number of rotatable bonds is 1. The maximum absolute atomic E-state index is 9.02. The SMILES string of the molecule is CC1CN(C(C)(C)C#N)CC(C)S1. The summed E-state index contributed by atoms with van der Waals surface area (Å²) in [6.45, 7) is 10.6. The zero-order valence-corrected chi connectivity index (χ0v) is 9.69. The lowest BCUT2D eigenvalue weighted by Gasteiger charge is -2.41. The minimum atomic E-state index is -0.302. The number of hydrogen-bond donors (Lipinski definition) is 0. The smallest absolute Gasteiger partial charge is 0.103 e. The molecule has 0 aromatic carbocycles. The Labute approximate surface area is 85.3 Å². The van der Waals surface area contributed by atoms with Gasteiger partial charge >= 0.3 is 0 Å². The van der Waals surface area contributed by atoms with Gasteiger partial charge in [0, 0.05) is 23.6 Å². The first kappa shape index (κ1) is 10.9. The second-order valence-electron chi connectivity index (χ2n) is 4.33. The molecule has 74 valence electrons. The molecular weight excluding hydrogens is 180 g/mol. The van der Waals surface area contributed by atoms with Crippen LogP contribution in [0.2, 0.25) is 0 Å². The van der Waals surface area contributed by atoms with Gasteiger partial charge in [0.25, 0.3) is 0 Å². The van der Waals surface area contributed by atoms with Crippen molar-refractivity contribution in [2.24, 2.45) is 0 Å². The highest BCUT2D eigenvalue weighted by atomic mass is 32.2. The first-order valence-electron chi connectivity index (χ1n) is 4.77. The summed E-state index contributed by atoms with van der Waals surface area (Å²) in [5.41, 5.74) is -0.302. The molecule has 0 N–H and O–H groups in total. The van der Waals surface area contributed by atoms with Crippen molar-refractivity contribution in [1.82, 2.24) is 4.90 Å². The van der Waals surface area contributed by atoms with E-state index in [-0.39, 0.29) is 5.54 Å². The van der Waals surface area contributed by atoms with Crippen molar-refractivity contribution in [1.29, 1.82) is 5.26 Å². The molecule has 0 saturated carbocycles. The van der Waals surface area contributed by atoms with Crippen molar-refractivity contribution in [2.75, 3.05) is 13.1 Å². The predicted molar refractivity (Wildman–Crippen MR) is 57.8 cm³/mol. The van der Waals surface area contributed by atoms with Crippen LogP contribution in [0.3, 0.4) is 0 Å². The second kappa shape index (κ2) is 3.89. The zero-order valence-electron chi connectivity index (χ0n) is 8.87. The van der Waals surface area contributed by atoms with Gasteiger partial charge in [0.15, 0.2) is 0 Å². The summed E-state index contributed by atoms with van der Waals surface area (Å²) in [5.74, 6) is 0. The summed E-state index contributed by atoms with van der Waals surface area (Å²) < 4.78 is 0. The Balaban J connectivity index is 2.66. The summed E-state index contributed by atoms with van der Waals surface area (Å²) in [6, 6.07) is 2.37. The van der Waals surface area contributed by atoms with Crippen LogP contribution in [0.1, 0.15) is 27.7 Å². The van der Waals surface area contributed by atoms with Gasteiger partial charge in [-0.3, -0.25) is 4.90 Å². The van der Waals surface area contributed by atoms with Crippen LogP contribution in [0.25, 0.3) is 0 Å². The first-order chi connectivity index (χ1) is 5.95.